The molecule has 2 aromatic rings. The Morgan fingerprint density at radius 3 is 2.69 bits per heavy atom. The predicted octanol–water partition coefficient (Wildman–Crippen LogP) is 2.94. The van der Waals surface area contributed by atoms with E-state index in [0.29, 0.717) is 0 Å². The Kier molecular flexibility index (Phi) is 5.09. The van der Waals surface area contributed by atoms with Gasteiger partial charge in [0.15, 0.2) is 0 Å². The lowest BCUT2D eigenvalue weighted by Crippen LogP contribution is -2.38. The van der Waals surface area contributed by atoms with Crippen molar-refractivity contribution in [2.75, 3.05) is 26.2 Å². The summed E-state index contributed by atoms with van der Waals surface area (Å²) in [5, 5.41) is 0. The third-order valence-electron chi connectivity index (χ3n) is 4.70. The number of hydrogen-bond donors (Lipinski definition) is 0. The van der Waals surface area contributed by atoms with Crippen LogP contribution >= 0.6 is 0 Å². The van der Waals surface area contributed by atoms with Crippen molar-refractivity contribution in [2.45, 2.75) is 13.0 Å². The molecule has 0 unspecified atom stereocenters. The average molecular weight is 342 g/mol. The smallest absolute Gasteiger partial charge is 0.0914 e. The summed E-state index contributed by atoms with van der Waals surface area (Å²) in [5.74, 6) is 6.51. The van der Waals surface area contributed by atoms with Crippen LogP contribution in [0, 0.1) is 11.8 Å². The van der Waals surface area contributed by atoms with Gasteiger partial charge < -0.3 is 4.90 Å². The number of hydrogen-bond acceptors (Lipinski definition) is 4. The molecule has 4 heteroatoms. The SMILES string of the molecule is C(#Cc1ccncc1)CN1CCC2=C(CN(Cc3ccccc3)C=N2)C1. The minimum atomic E-state index is 0.793. The maximum atomic E-state index is 4.70. The predicted molar refractivity (Wildman–Crippen MR) is 105 cm³/mol. The van der Waals surface area contributed by atoms with Gasteiger partial charge in [0, 0.05) is 56.3 Å². The van der Waals surface area contributed by atoms with E-state index in [-0.39, 0.29) is 0 Å². The van der Waals surface area contributed by atoms with Crippen LogP contribution < -0.4 is 0 Å². The van der Waals surface area contributed by atoms with E-state index < -0.39 is 0 Å². The zero-order valence-corrected chi connectivity index (χ0v) is 14.8. The Balaban J connectivity index is 1.35. The van der Waals surface area contributed by atoms with E-state index in [1.54, 1.807) is 12.4 Å². The lowest BCUT2D eigenvalue weighted by Gasteiger charge is -2.33. The fourth-order valence-corrected chi connectivity index (χ4v) is 3.35. The number of pyridine rings is 1. The summed E-state index contributed by atoms with van der Waals surface area (Å²) in [4.78, 5) is 13.4. The molecule has 1 aromatic heterocycles. The monoisotopic (exact) mass is 342 g/mol. The second-order valence-electron chi connectivity index (χ2n) is 6.68. The van der Waals surface area contributed by atoms with Crippen LogP contribution in [0.5, 0.6) is 0 Å². The summed E-state index contributed by atoms with van der Waals surface area (Å²) in [6.07, 6.45) is 6.58. The highest BCUT2D eigenvalue weighted by molar-refractivity contribution is 5.60. The maximum absolute atomic E-state index is 4.70. The average Bonchev–Trinajstić information content (AvgIpc) is 2.69. The summed E-state index contributed by atoms with van der Waals surface area (Å²) >= 11 is 0. The summed E-state index contributed by atoms with van der Waals surface area (Å²) in [6.45, 7) is 4.65. The molecule has 0 saturated heterocycles. The fraction of sp³-hybridized carbons (Fsp3) is 0.273. The molecule has 0 spiro atoms. The standard InChI is InChI=1S/C22H22N4/c1-2-5-20(6-3-1)15-26-17-21-16-25(14-10-22(21)24-18-26)13-4-7-19-8-11-23-12-9-19/h1-3,5-6,8-9,11-12,18H,10,13-17H2. The highest BCUT2D eigenvalue weighted by Gasteiger charge is 2.22. The summed E-state index contributed by atoms with van der Waals surface area (Å²) < 4.78 is 0. The van der Waals surface area contributed by atoms with Crippen molar-refractivity contribution < 1.29 is 0 Å². The van der Waals surface area contributed by atoms with Crippen molar-refractivity contribution in [3.05, 3.63) is 77.3 Å². The van der Waals surface area contributed by atoms with Crippen LogP contribution in [0.15, 0.2) is 71.1 Å². The van der Waals surface area contributed by atoms with Crippen LogP contribution in [0.2, 0.25) is 0 Å². The summed E-state index contributed by atoms with van der Waals surface area (Å²) in [7, 11) is 0. The first-order valence-corrected chi connectivity index (χ1v) is 9.01. The molecule has 0 aliphatic carbocycles. The largest absolute Gasteiger partial charge is 0.354 e. The Labute approximate surface area is 154 Å². The first kappa shape index (κ1) is 16.6. The molecule has 0 amide bonds. The number of aromatic nitrogens is 1. The van der Waals surface area contributed by atoms with E-state index in [2.05, 4.69) is 57.0 Å². The van der Waals surface area contributed by atoms with Crippen LogP contribution in [0.1, 0.15) is 17.5 Å². The van der Waals surface area contributed by atoms with Gasteiger partial charge in [-0.3, -0.25) is 9.88 Å². The van der Waals surface area contributed by atoms with Gasteiger partial charge in [-0.2, -0.15) is 0 Å². The van der Waals surface area contributed by atoms with Crippen molar-refractivity contribution in [3.8, 4) is 11.8 Å². The van der Waals surface area contributed by atoms with E-state index in [1.165, 1.54) is 16.8 Å². The Morgan fingerprint density at radius 2 is 1.85 bits per heavy atom. The molecule has 0 N–H and O–H groups in total. The number of nitrogens with zero attached hydrogens (tertiary/aromatic N) is 4. The minimum absolute atomic E-state index is 0.793. The van der Waals surface area contributed by atoms with Crippen molar-refractivity contribution in [2.24, 2.45) is 4.99 Å². The zero-order chi connectivity index (χ0) is 17.6. The van der Waals surface area contributed by atoms with E-state index in [0.717, 1.165) is 44.7 Å². The molecule has 4 nitrogen and oxygen atoms in total. The van der Waals surface area contributed by atoms with Crippen molar-refractivity contribution in [1.82, 2.24) is 14.8 Å². The highest BCUT2D eigenvalue weighted by Crippen LogP contribution is 2.23. The van der Waals surface area contributed by atoms with Crippen LogP contribution in [-0.4, -0.2) is 47.3 Å². The van der Waals surface area contributed by atoms with Crippen LogP contribution in [-0.2, 0) is 6.54 Å². The van der Waals surface area contributed by atoms with Gasteiger partial charge in [-0.05, 0) is 23.3 Å². The van der Waals surface area contributed by atoms with Crippen LogP contribution in [0.3, 0.4) is 0 Å². The molecule has 2 aliphatic heterocycles. The van der Waals surface area contributed by atoms with E-state index in [4.69, 9.17) is 4.99 Å². The second-order valence-corrected chi connectivity index (χ2v) is 6.68. The second kappa shape index (κ2) is 7.99. The Hall–Kier alpha value is -2.90. The number of aliphatic imine (C=N–C) groups is 1. The quantitative estimate of drug-likeness (QED) is 0.804. The molecular formula is C22H22N4. The molecule has 0 fully saturated rings. The molecule has 0 atom stereocenters. The highest BCUT2D eigenvalue weighted by atomic mass is 15.2. The van der Waals surface area contributed by atoms with Crippen LogP contribution in [0.4, 0.5) is 0 Å². The topological polar surface area (TPSA) is 31.7 Å². The summed E-state index contributed by atoms with van der Waals surface area (Å²) in [5.41, 5.74) is 5.04. The lowest BCUT2D eigenvalue weighted by atomic mass is 10.0. The molecular weight excluding hydrogens is 320 g/mol. The van der Waals surface area contributed by atoms with Crippen molar-refractivity contribution >= 4 is 6.34 Å². The van der Waals surface area contributed by atoms with Gasteiger partial charge in [-0.15, -0.1) is 0 Å². The van der Waals surface area contributed by atoms with E-state index in [9.17, 15) is 0 Å². The van der Waals surface area contributed by atoms with Gasteiger partial charge in [0.25, 0.3) is 0 Å². The fourth-order valence-electron chi connectivity index (χ4n) is 3.35. The molecule has 130 valence electrons. The number of benzene rings is 1. The Bertz CT molecular complexity index is 859. The van der Waals surface area contributed by atoms with Crippen LogP contribution in [0.25, 0.3) is 0 Å². The first-order valence-electron chi connectivity index (χ1n) is 9.01. The van der Waals surface area contributed by atoms with Crippen molar-refractivity contribution in [3.63, 3.8) is 0 Å². The Morgan fingerprint density at radius 1 is 1.00 bits per heavy atom. The molecule has 2 aliphatic rings. The third kappa shape index (κ3) is 4.19. The lowest BCUT2D eigenvalue weighted by molar-refractivity contribution is 0.300. The van der Waals surface area contributed by atoms with Gasteiger partial charge in [0.05, 0.1) is 12.9 Å². The normalized spacial score (nSPS) is 16.8. The van der Waals surface area contributed by atoms with Crippen molar-refractivity contribution in [1.29, 1.82) is 0 Å². The molecule has 3 heterocycles. The third-order valence-corrected chi connectivity index (χ3v) is 4.70. The van der Waals surface area contributed by atoms with Gasteiger partial charge in [0.2, 0.25) is 0 Å². The first-order chi connectivity index (χ1) is 12.9. The maximum Gasteiger partial charge on any atom is 0.0914 e. The molecule has 0 bridgehead atoms. The molecule has 0 radical (unpaired) electrons. The van der Waals surface area contributed by atoms with Gasteiger partial charge >= 0.3 is 0 Å². The minimum Gasteiger partial charge on any atom is -0.354 e. The van der Waals surface area contributed by atoms with Gasteiger partial charge in [-0.25, -0.2) is 4.99 Å². The van der Waals surface area contributed by atoms with Gasteiger partial charge in [0.1, 0.15) is 0 Å². The van der Waals surface area contributed by atoms with E-state index >= 15 is 0 Å². The zero-order valence-electron chi connectivity index (χ0n) is 14.8. The molecule has 1 aromatic carbocycles. The van der Waals surface area contributed by atoms with E-state index in [1.807, 2.05) is 18.5 Å². The summed E-state index contributed by atoms with van der Waals surface area (Å²) in [6, 6.07) is 14.5. The molecule has 0 saturated carbocycles. The van der Waals surface area contributed by atoms with Gasteiger partial charge in [-0.1, -0.05) is 42.2 Å². The molecule has 26 heavy (non-hydrogen) atoms. The molecule has 4 rings (SSSR count). The number of rotatable bonds is 3.